The second-order valence-corrected chi connectivity index (χ2v) is 5.24. The Kier molecular flexibility index (Phi) is 13.2. The molecule has 0 aromatic rings. The van der Waals surface area contributed by atoms with Gasteiger partial charge in [-0.25, -0.2) is 0 Å². The zero-order chi connectivity index (χ0) is 13.6. The van der Waals surface area contributed by atoms with Crippen molar-refractivity contribution in [2.45, 2.75) is 58.5 Å². The summed E-state index contributed by atoms with van der Waals surface area (Å²) in [5.74, 6) is 0. The summed E-state index contributed by atoms with van der Waals surface area (Å²) in [7, 11) is 4.17. The SMILES string of the molecule is CCCCCOCC(CN(C)C)OCCCCC. The second-order valence-electron chi connectivity index (χ2n) is 5.24. The Balaban J connectivity index is 3.63. The topological polar surface area (TPSA) is 21.7 Å². The van der Waals surface area contributed by atoms with E-state index in [4.69, 9.17) is 9.47 Å². The average Bonchev–Trinajstić information content (AvgIpc) is 2.33. The number of ether oxygens (including phenoxy) is 2. The highest BCUT2D eigenvalue weighted by molar-refractivity contribution is 4.60. The molecule has 0 aromatic heterocycles. The second kappa shape index (κ2) is 13.3. The molecule has 3 heteroatoms. The van der Waals surface area contributed by atoms with Gasteiger partial charge in [0.05, 0.1) is 12.7 Å². The lowest BCUT2D eigenvalue weighted by molar-refractivity contribution is -0.0286. The largest absolute Gasteiger partial charge is 0.379 e. The molecule has 0 aromatic carbocycles. The molecule has 0 radical (unpaired) electrons. The van der Waals surface area contributed by atoms with E-state index in [2.05, 4.69) is 32.8 Å². The first-order valence-electron chi connectivity index (χ1n) is 7.54. The van der Waals surface area contributed by atoms with Crippen LogP contribution in [-0.2, 0) is 9.47 Å². The minimum absolute atomic E-state index is 0.221. The first-order valence-corrected chi connectivity index (χ1v) is 7.54. The van der Waals surface area contributed by atoms with E-state index < -0.39 is 0 Å². The van der Waals surface area contributed by atoms with Crippen LogP contribution < -0.4 is 0 Å². The highest BCUT2D eigenvalue weighted by atomic mass is 16.5. The van der Waals surface area contributed by atoms with E-state index in [9.17, 15) is 0 Å². The lowest BCUT2D eigenvalue weighted by Gasteiger charge is -2.21. The van der Waals surface area contributed by atoms with Gasteiger partial charge < -0.3 is 14.4 Å². The van der Waals surface area contributed by atoms with Gasteiger partial charge in [0.15, 0.2) is 0 Å². The van der Waals surface area contributed by atoms with Crippen LogP contribution in [-0.4, -0.2) is 51.5 Å². The Morgan fingerprint density at radius 1 is 0.889 bits per heavy atom. The predicted octanol–water partition coefficient (Wildman–Crippen LogP) is 3.33. The molecule has 0 fully saturated rings. The summed E-state index contributed by atoms with van der Waals surface area (Å²) >= 11 is 0. The number of hydrogen-bond donors (Lipinski definition) is 0. The van der Waals surface area contributed by atoms with Gasteiger partial charge in [0.1, 0.15) is 0 Å². The van der Waals surface area contributed by atoms with Crippen molar-refractivity contribution in [3.8, 4) is 0 Å². The van der Waals surface area contributed by atoms with Crippen LogP contribution >= 0.6 is 0 Å². The van der Waals surface area contributed by atoms with Gasteiger partial charge in [-0.05, 0) is 26.9 Å². The zero-order valence-corrected chi connectivity index (χ0v) is 12.9. The highest BCUT2D eigenvalue weighted by Crippen LogP contribution is 2.02. The molecule has 0 heterocycles. The fraction of sp³-hybridized carbons (Fsp3) is 1.00. The standard InChI is InChI=1S/C15H33NO2/c1-5-7-9-11-17-14-15(13-16(3)4)18-12-10-8-6-2/h15H,5-14H2,1-4H3. The summed E-state index contributed by atoms with van der Waals surface area (Å²) in [5, 5.41) is 0. The van der Waals surface area contributed by atoms with Crippen molar-refractivity contribution in [3.63, 3.8) is 0 Å². The van der Waals surface area contributed by atoms with Crippen molar-refractivity contribution in [2.24, 2.45) is 0 Å². The molecule has 0 spiro atoms. The molecule has 1 atom stereocenters. The normalized spacial score (nSPS) is 13.2. The molecular formula is C15H33NO2. The lowest BCUT2D eigenvalue weighted by Crippen LogP contribution is -2.32. The maximum atomic E-state index is 5.89. The number of nitrogens with zero attached hydrogens (tertiary/aromatic N) is 1. The number of rotatable bonds is 13. The Morgan fingerprint density at radius 3 is 2.06 bits per heavy atom. The van der Waals surface area contributed by atoms with Gasteiger partial charge in [0.2, 0.25) is 0 Å². The third kappa shape index (κ3) is 12.3. The van der Waals surface area contributed by atoms with Crippen LogP contribution in [0.1, 0.15) is 52.4 Å². The minimum Gasteiger partial charge on any atom is -0.379 e. The number of unbranched alkanes of at least 4 members (excludes halogenated alkanes) is 4. The molecule has 0 saturated carbocycles. The Labute approximate surface area is 114 Å². The maximum Gasteiger partial charge on any atom is 0.0934 e. The summed E-state index contributed by atoms with van der Waals surface area (Å²) in [4.78, 5) is 2.17. The van der Waals surface area contributed by atoms with Crippen molar-refractivity contribution in [2.75, 3.05) is 40.5 Å². The maximum absolute atomic E-state index is 5.89. The smallest absolute Gasteiger partial charge is 0.0934 e. The fourth-order valence-electron chi connectivity index (χ4n) is 1.83. The molecule has 110 valence electrons. The van der Waals surface area contributed by atoms with Gasteiger partial charge in [0.25, 0.3) is 0 Å². The van der Waals surface area contributed by atoms with Crippen LogP contribution in [0.5, 0.6) is 0 Å². The van der Waals surface area contributed by atoms with Crippen molar-refractivity contribution in [3.05, 3.63) is 0 Å². The summed E-state index contributed by atoms with van der Waals surface area (Å²) in [5.41, 5.74) is 0. The van der Waals surface area contributed by atoms with E-state index in [0.29, 0.717) is 0 Å². The highest BCUT2D eigenvalue weighted by Gasteiger charge is 2.10. The molecule has 0 aliphatic heterocycles. The first kappa shape index (κ1) is 17.9. The monoisotopic (exact) mass is 259 g/mol. The van der Waals surface area contributed by atoms with E-state index in [1.807, 2.05) is 0 Å². The van der Waals surface area contributed by atoms with Crippen LogP contribution in [0.15, 0.2) is 0 Å². The Morgan fingerprint density at radius 2 is 1.50 bits per heavy atom. The molecule has 0 rings (SSSR count). The summed E-state index contributed by atoms with van der Waals surface area (Å²) in [6.07, 6.45) is 7.56. The molecular weight excluding hydrogens is 226 g/mol. The number of hydrogen-bond acceptors (Lipinski definition) is 3. The van der Waals surface area contributed by atoms with Crippen LogP contribution in [0.25, 0.3) is 0 Å². The molecule has 1 unspecified atom stereocenters. The van der Waals surface area contributed by atoms with Crippen LogP contribution in [0.4, 0.5) is 0 Å². The molecule has 0 amide bonds. The van der Waals surface area contributed by atoms with Gasteiger partial charge in [-0.15, -0.1) is 0 Å². The first-order chi connectivity index (χ1) is 8.70. The van der Waals surface area contributed by atoms with Gasteiger partial charge in [-0.1, -0.05) is 39.5 Å². The molecule has 0 aliphatic carbocycles. The summed E-state index contributed by atoms with van der Waals surface area (Å²) in [6.45, 7) is 7.84. The van der Waals surface area contributed by atoms with Crippen LogP contribution in [0.3, 0.4) is 0 Å². The molecule has 18 heavy (non-hydrogen) atoms. The summed E-state index contributed by atoms with van der Waals surface area (Å²) in [6, 6.07) is 0. The summed E-state index contributed by atoms with van der Waals surface area (Å²) < 4.78 is 11.6. The van der Waals surface area contributed by atoms with Gasteiger partial charge in [0, 0.05) is 19.8 Å². The Hall–Kier alpha value is -0.120. The van der Waals surface area contributed by atoms with Crippen molar-refractivity contribution in [1.82, 2.24) is 4.90 Å². The van der Waals surface area contributed by atoms with Crippen LogP contribution in [0.2, 0.25) is 0 Å². The molecule has 0 aliphatic rings. The quantitative estimate of drug-likeness (QED) is 0.474. The van der Waals surface area contributed by atoms with Crippen molar-refractivity contribution < 1.29 is 9.47 Å². The van der Waals surface area contributed by atoms with E-state index in [-0.39, 0.29) is 6.10 Å². The molecule has 3 nitrogen and oxygen atoms in total. The third-order valence-corrected chi connectivity index (χ3v) is 2.87. The zero-order valence-electron chi connectivity index (χ0n) is 12.9. The third-order valence-electron chi connectivity index (χ3n) is 2.87. The molecule has 0 saturated heterocycles. The van der Waals surface area contributed by atoms with Crippen molar-refractivity contribution >= 4 is 0 Å². The average molecular weight is 259 g/mol. The lowest BCUT2D eigenvalue weighted by atomic mass is 10.2. The van der Waals surface area contributed by atoms with Crippen molar-refractivity contribution in [1.29, 1.82) is 0 Å². The van der Waals surface area contributed by atoms with E-state index in [0.717, 1.165) is 32.8 Å². The minimum atomic E-state index is 0.221. The van der Waals surface area contributed by atoms with Gasteiger partial charge >= 0.3 is 0 Å². The van der Waals surface area contributed by atoms with Gasteiger partial charge in [-0.2, -0.15) is 0 Å². The number of likely N-dealkylation sites (N-methyl/N-ethyl adjacent to an activating group) is 1. The van der Waals surface area contributed by atoms with E-state index in [1.54, 1.807) is 0 Å². The Bertz CT molecular complexity index is 163. The fourth-order valence-corrected chi connectivity index (χ4v) is 1.83. The van der Waals surface area contributed by atoms with Gasteiger partial charge in [-0.3, -0.25) is 0 Å². The van der Waals surface area contributed by atoms with E-state index in [1.165, 1.54) is 32.1 Å². The molecule has 0 N–H and O–H groups in total. The predicted molar refractivity (Wildman–Crippen MR) is 78.2 cm³/mol. The van der Waals surface area contributed by atoms with E-state index >= 15 is 0 Å². The van der Waals surface area contributed by atoms with Crippen LogP contribution in [0, 0.1) is 0 Å². The molecule has 0 bridgehead atoms.